The van der Waals surface area contributed by atoms with Crippen molar-refractivity contribution in [1.29, 1.82) is 0 Å². The van der Waals surface area contributed by atoms with Crippen molar-refractivity contribution in [2.45, 2.75) is 25.5 Å². The smallest absolute Gasteiger partial charge is 0.216 e. The molecule has 3 aromatic rings. The van der Waals surface area contributed by atoms with E-state index < -0.39 is 10.0 Å². The summed E-state index contributed by atoms with van der Waals surface area (Å²) in [7, 11) is -3.78. The zero-order chi connectivity index (χ0) is 15.7. The van der Waals surface area contributed by atoms with Crippen LogP contribution < -0.4 is 4.72 Å². The van der Waals surface area contributed by atoms with E-state index in [0.717, 1.165) is 17.0 Å². The van der Waals surface area contributed by atoms with Gasteiger partial charge in [-0.05, 0) is 25.5 Å². The summed E-state index contributed by atoms with van der Waals surface area (Å²) in [6, 6.07) is 11.1. The molecule has 0 saturated carbocycles. The van der Waals surface area contributed by atoms with Gasteiger partial charge in [0.25, 0.3) is 21.0 Å². The summed E-state index contributed by atoms with van der Waals surface area (Å²) in [4.78, 5) is 8.19. The number of aryl methyl sites for hydroxylation is 2. The van der Waals surface area contributed by atoms with Gasteiger partial charge in [0.1, 0.15) is 0 Å². The SMILES string of the molecule is Cc1cc(C)n2nc(S(=O)(=O)NCc3ccccc3)nc2n1. The quantitative estimate of drug-likeness (QED) is 0.781. The van der Waals surface area contributed by atoms with Crippen molar-refractivity contribution < 1.29 is 8.42 Å². The highest BCUT2D eigenvalue weighted by Gasteiger charge is 2.21. The van der Waals surface area contributed by atoms with Crippen molar-refractivity contribution in [1.82, 2.24) is 24.3 Å². The van der Waals surface area contributed by atoms with E-state index in [9.17, 15) is 8.42 Å². The first-order valence-electron chi connectivity index (χ1n) is 6.70. The maximum Gasteiger partial charge on any atom is 0.284 e. The largest absolute Gasteiger partial charge is 0.284 e. The van der Waals surface area contributed by atoms with Crippen molar-refractivity contribution >= 4 is 15.8 Å². The molecule has 2 heterocycles. The monoisotopic (exact) mass is 317 g/mol. The fraction of sp³-hybridized carbons (Fsp3) is 0.214. The molecule has 0 saturated heterocycles. The highest BCUT2D eigenvalue weighted by atomic mass is 32.2. The van der Waals surface area contributed by atoms with Gasteiger partial charge in [-0.1, -0.05) is 30.3 Å². The molecule has 7 nitrogen and oxygen atoms in total. The number of sulfonamides is 1. The Morgan fingerprint density at radius 3 is 2.59 bits per heavy atom. The summed E-state index contributed by atoms with van der Waals surface area (Å²) in [5.41, 5.74) is 2.40. The number of rotatable bonds is 4. The molecule has 1 N–H and O–H groups in total. The molecule has 0 aliphatic carbocycles. The lowest BCUT2D eigenvalue weighted by atomic mass is 10.2. The van der Waals surface area contributed by atoms with Crippen LogP contribution in [0, 0.1) is 13.8 Å². The van der Waals surface area contributed by atoms with Gasteiger partial charge in [0.15, 0.2) is 0 Å². The minimum atomic E-state index is -3.78. The molecule has 0 aliphatic rings. The Kier molecular flexibility index (Phi) is 3.63. The van der Waals surface area contributed by atoms with Crippen molar-refractivity contribution in [3.8, 4) is 0 Å². The number of fused-ring (bicyclic) bond motifs is 1. The first kappa shape index (κ1) is 14.6. The summed E-state index contributed by atoms with van der Waals surface area (Å²) in [6.07, 6.45) is 0. The van der Waals surface area contributed by atoms with Crippen LogP contribution >= 0.6 is 0 Å². The van der Waals surface area contributed by atoms with E-state index in [0.29, 0.717) is 0 Å². The molecule has 0 bridgehead atoms. The summed E-state index contributed by atoms with van der Waals surface area (Å²) in [5.74, 6) is 0.276. The van der Waals surface area contributed by atoms with E-state index in [1.807, 2.05) is 50.2 Å². The second-order valence-corrected chi connectivity index (χ2v) is 6.62. The molecule has 0 spiro atoms. The van der Waals surface area contributed by atoms with E-state index in [-0.39, 0.29) is 17.5 Å². The highest BCUT2D eigenvalue weighted by molar-refractivity contribution is 7.89. The van der Waals surface area contributed by atoms with Crippen molar-refractivity contribution in [2.75, 3.05) is 0 Å². The summed E-state index contributed by atoms with van der Waals surface area (Å²) in [6.45, 7) is 3.83. The van der Waals surface area contributed by atoms with Crippen LogP contribution in [0.25, 0.3) is 5.78 Å². The van der Waals surface area contributed by atoms with E-state index in [1.165, 1.54) is 4.52 Å². The molecular formula is C14H15N5O2S. The third-order valence-electron chi connectivity index (χ3n) is 3.15. The fourth-order valence-electron chi connectivity index (χ4n) is 2.10. The predicted molar refractivity (Wildman–Crippen MR) is 80.7 cm³/mol. The molecule has 1 aromatic carbocycles. The van der Waals surface area contributed by atoms with Crippen molar-refractivity contribution in [3.05, 3.63) is 53.3 Å². The number of nitrogens with one attached hydrogen (secondary N) is 1. The lowest BCUT2D eigenvalue weighted by Crippen LogP contribution is -2.24. The van der Waals surface area contributed by atoms with Gasteiger partial charge in [0, 0.05) is 17.9 Å². The second kappa shape index (κ2) is 5.47. The molecule has 3 rings (SSSR count). The average molecular weight is 317 g/mol. The predicted octanol–water partition coefficient (Wildman–Crippen LogP) is 1.22. The van der Waals surface area contributed by atoms with Gasteiger partial charge in [-0.3, -0.25) is 0 Å². The van der Waals surface area contributed by atoms with Crippen LogP contribution in [0.3, 0.4) is 0 Å². The minimum Gasteiger partial charge on any atom is -0.216 e. The van der Waals surface area contributed by atoms with Crippen molar-refractivity contribution in [2.24, 2.45) is 0 Å². The molecule has 8 heteroatoms. The van der Waals surface area contributed by atoms with Gasteiger partial charge < -0.3 is 0 Å². The second-order valence-electron chi connectivity index (χ2n) is 4.96. The summed E-state index contributed by atoms with van der Waals surface area (Å²) in [5, 5.41) is 3.76. The van der Waals surface area contributed by atoms with Crippen LogP contribution in [0.1, 0.15) is 17.0 Å². The van der Waals surface area contributed by atoms with Crippen molar-refractivity contribution in [3.63, 3.8) is 0 Å². The molecule has 0 radical (unpaired) electrons. The number of benzene rings is 1. The molecule has 22 heavy (non-hydrogen) atoms. The molecular weight excluding hydrogens is 302 g/mol. The number of hydrogen-bond acceptors (Lipinski definition) is 5. The third kappa shape index (κ3) is 2.83. The highest BCUT2D eigenvalue weighted by Crippen LogP contribution is 2.09. The Hall–Kier alpha value is -2.32. The summed E-state index contributed by atoms with van der Waals surface area (Å²) >= 11 is 0. The maximum absolute atomic E-state index is 12.3. The third-order valence-corrected chi connectivity index (χ3v) is 4.33. The van der Waals surface area contributed by atoms with Crippen LogP contribution in [0.5, 0.6) is 0 Å². The Bertz CT molecular complexity index is 919. The maximum atomic E-state index is 12.3. The lowest BCUT2D eigenvalue weighted by molar-refractivity contribution is 0.571. The Morgan fingerprint density at radius 1 is 1.14 bits per heavy atom. The first-order valence-corrected chi connectivity index (χ1v) is 8.19. The number of aromatic nitrogens is 4. The molecule has 0 aliphatic heterocycles. The lowest BCUT2D eigenvalue weighted by Gasteiger charge is -2.02. The normalized spacial score (nSPS) is 11.9. The number of nitrogens with zero attached hydrogens (tertiary/aromatic N) is 4. The van der Waals surface area contributed by atoms with Crippen LogP contribution in [0.2, 0.25) is 0 Å². The summed E-state index contributed by atoms with van der Waals surface area (Å²) < 4.78 is 28.5. The zero-order valence-electron chi connectivity index (χ0n) is 12.2. The van der Waals surface area contributed by atoms with Gasteiger partial charge in [-0.25, -0.2) is 22.6 Å². The Morgan fingerprint density at radius 2 is 1.86 bits per heavy atom. The standard InChI is InChI=1S/C14H15N5O2S/c1-10-8-11(2)19-13(16-10)17-14(18-19)22(20,21)15-9-12-6-4-3-5-7-12/h3-8,15H,9H2,1-2H3. The minimum absolute atomic E-state index is 0.185. The van der Waals surface area contributed by atoms with Crippen LogP contribution in [-0.4, -0.2) is 28.0 Å². The Balaban J connectivity index is 1.90. The van der Waals surface area contributed by atoms with E-state index in [2.05, 4.69) is 19.8 Å². The van der Waals surface area contributed by atoms with E-state index in [4.69, 9.17) is 0 Å². The van der Waals surface area contributed by atoms with E-state index in [1.54, 1.807) is 0 Å². The van der Waals surface area contributed by atoms with Gasteiger partial charge in [0.2, 0.25) is 0 Å². The molecule has 0 atom stereocenters. The van der Waals surface area contributed by atoms with Crippen LogP contribution in [0.4, 0.5) is 0 Å². The molecule has 2 aromatic heterocycles. The number of hydrogen-bond donors (Lipinski definition) is 1. The molecule has 0 amide bonds. The van der Waals surface area contributed by atoms with E-state index >= 15 is 0 Å². The zero-order valence-corrected chi connectivity index (χ0v) is 13.0. The first-order chi connectivity index (χ1) is 10.5. The molecule has 0 unspecified atom stereocenters. The van der Waals surface area contributed by atoms with Gasteiger partial charge in [-0.2, -0.15) is 4.98 Å². The van der Waals surface area contributed by atoms with Gasteiger partial charge in [0.05, 0.1) is 0 Å². The van der Waals surface area contributed by atoms with Crippen LogP contribution in [0.15, 0.2) is 41.6 Å². The molecule has 114 valence electrons. The van der Waals surface area contributed by atoms with Gasteiger partial charge >= 0.3 is 0 Å². The topological polar surface area (TPSA) is 89.3 Å². The average Bonchev–Trinajstić information content (AvgIpc) is 2.91. The Labute approximate surface area is 128 Å². The van der Waals surface area contributed by atoms with Gasteiger partial charge in [-0.15, -0.1) is 5.10 Å². The fourth-order valence-corrected chi connectivity index (χ4v) is 2.98. The van der Waals surface area contributed by atoms with Crippen LogP contribution in [-0.2, 0) is 16.6 Å². The molecule has 0 fully saturated rings.